The number of urea groups is 1. The molecule has 0 bridgehead atoms. The molecule has 1 aliphatic rings. The van der Waals surface area contributed by atoms with Crippen LogP contribution in [0.15, 0.2) is 48.5 Å². The van der Waals surface area contributed by atoms with E-state index in [0.717, 1.165) is 29.1 Å². The summed E-state index contributed by atoms with van der Waals surface area (Å²) < 4.78 is 5.64. The highest BCUT2D eigenvalue weighted by Gasteiger charge is 2.40. The SMILES string of the molecule is CCOc1ccc2c(c1)[C@@H](C)CC(C)(C)N2C(=O)Nc1ccccc1. The zero-order valence-corrected chi connectivity index (χ0v) is 15.4. The fourth-order valence-electron chi connectivity index (χ4n) is 3.75. The van der Waals surface area contributed by atoms with Gasteiger partial charge < -0.3 is 10.1 Å². The van der Waals surface area contributed by atoms with Gasteiger partial charge in [0, 0.05) is 16.9 Å². The minimum Gasteiger partial charge on any atom is -0.494 e. The quantitative estimate of drug-likeness (QED) is 0.813. The van der Waals surface area contributed by atoms with Gasteiger partial charge >= 0.3 is 6.03 Å². The third-order valence-electron chi connectivity index (χ3n) is 4.72. The molecule has 0 spiro atoms. The molecule has 0 saturated carbocycles. The van der Waals surface area contributed by atoms with Crippen molar-refractivity contribution in [3.05, 3.63) is 54.1 Å². The molecule has 0 aromatic heterocycles. The number of benzene rings is 2. The maximum atomic E-state index is 13.0. The summed E-state index contributed by atoms with van der Waals surface area (Å²) in [5, 5.41) is 3.02. The fraction of sp³-hybridized carbons (Fsp3) is 0.381. The van der Waals surface area contributed by atoms with Crippen LogP contribution in [0, 0.1) is 0 Å². The molecule has 4 heteroatoms. The largest absolute Gasteiger partial charge is 0.494 e. The number of rotatable bonds is 3. The summed E-state index contributed by atoms with van der Waals surface area (Å²) in [5.41, 5.74) is 2.65. The maximum Gasteiger partial charge on any atom is 0.326 e. The first-order valence-corrected chi connectivity index (χ1v) is 8.85. The molecule has 1 N–H and O–H groups in total. The third kappa shape index (κ3) is 3.48. The van der Waals surface area contributed by atoms with Crippen LogP contribution in [0.2, 0.25) is 0 Å². The van der Waals surface area contributed by atoms with Crippen LogP contribution in [0.4, 0.5) is 16.2 Å². The molecule has 0 unspecified atom stereocenters. The minimum atomic E-state index is -0.265. The Hall–Kier alpha value is -2.49. The number of nitrogens with zero attached hydrogens (tertiary/aromatic N) is 1. The summed E-state index contributed by atoms with van der Waals surface area (Å²) in [7, 11) is 0. The lowest BCUT2D eigenvalue weighted by Crippen LogP contribution is -2.53. The van der Waals surface area contributed by atoms with Crippen molar-refractivity contribution < 1.29 is 9.53 Å². The van der Waals surface area contributed by atoms with Crippen LogP contribution in [0.3, 0.4) is 0 Å². The van der Waals surface area contributed by atoms with E-state index >= 15 is 0 Å². The lowest BCUT2D eigenvalue weighted by atomic mass is 9.80. The first kappa shape index (κ1) is 17.3. The van der Waals surface area contributed by atoms with Crippen molar-refractivity contribution in [1.82, 2.24) is 0 Å². The van der Waals surface area contributed by atoms with Crippen molar-refractivity contribution in [2.75, 3.05) is 16.8 Å². The van der Waals surface area contributed by atoms with Crippen molar-refractivity contribution in [2.45, 2.75) is 45.6 Å². The van der Waals surface area contributed by atoms with E-state index in [4.69, 9.17) is 4.74 Å². The Morgan fingerprint density at radius 2 is 1.96 bits per heavy atom. The normalized spacial score (nSPS) is 18.4. The second kappa shape index (κ2) is 6.79. The zero-order chi connectivity index (χ0) is 18.0. The minimum absolute atomic E-state index is 0.103. The summed E-state index contributed by atoms with van der Waals surface area (Å²) in [6.07, 6.45) is 0.901. The first-order valence-electron chi connectivity index (χ1n) is 8.85. The Labute approximate surface area is 149 Å². The maximum absolute atomic E-state index is 13.0. The standard InChI is InChI=1S/C21H26N2O2/c1-5-25-17-11-12-19-18(13-17)15(2)14-21(3,4)23(19)20(24)22-16-9-7-6-8-10-16/h6-13,15H,5,14H2,1-4H3,(H,22,24)/t15-/m0/s1. The van der Waals surface area contributed by atoms with Crippen LogP contribution >= 0.6 is 0 Å². The fourth-order valence-corrected chi connectivity index (χ4v) is 3.75. The van der Waals surface area contributed by atoms with Crippen LogP contribution < -0.4 is 15.0 Å². The molecule has 0 saturated heterocycles. The molecule has 2 aromatic carbocycles. The Morgan fingerprint density at radius 3 is 2.64 bits per heavy atom. The molecule has 1 atom stereocenters. The predicted molar refractivity (Wildman–Crippen MR) is 103 cm³/mol. The van der Waals surface area contributed by atoms with Crippen molar-refractivity contribution >= 4 is 17.4 Å². The number of ether oxygens (including phenoxy) is 1. The van der Waals surface area contributed by atoms with Crippen molar-refractivity contribution in [3.8, 4) is 5.75 Å². The Balaban J connectivity index is 1.97. The highest BCUT2D eigenvalue weighted by atomic mass is 16.5. The molecule has 2 aromatic rings. The van der Waals surface area contributed by atoms with Crippen LogP contribution in [0.25, 0.3) is 0 Å². The molecule has 1 aliphatic heterocycles. The van der Waals surface area contributed by atoms with E-state index in [2.05, 4.69) is 32.2 Å². The molecule has 0 fully saturated rings. The Bertz CT molecular complexity index is 756. The van der Waals surface area contributed by atoms with Gasteiger partial charge in [0.25, 0.3) is 0 Å². The van der Waals surface area contributed by atoms with Gasteiger partial charge in [-0.15, -0.1) is 0 Å². The Morgan fingerprint density at radius 1 is 1.24 bits per heavy atom. The van der Waals surface area contributed by atoms with E-state index in [1.54, 1.807) is 0 Å². The van der Waals surface area contributed by atoms with Gasteiger partial charge in [-0.05, 0) is 69.0 Å². The number of nitrogens with one attached hydrogen (secondary N) is 1. The summed E-state index contributed by atoms with van der Waals surface area (Å²) in [5.74, 6) is 1.22. The van der Waals surface area contributed by atoms with Gasteiger partial charge in [0.1, 0.15) is 5.75 Å². The first-order chi connectivity index (χ1) is 11.9. The number of fused-ring (bicyclic) bond motifs is 1. The van der Waals surface area contributed by atoms with Crippen LogP contribution in [-0.4, -0.2) is 18.2 Å². The summed E-state index contributed by atoms with van der Waals surface area (Å²) >= 11 is 0. The molecule has 0 radical (unpaired) electrons. The van der Waals surface area contributed by atoms with Gasteiger partial charge in [0.15, 0.2) is 0 Å². The molecule has 132 valence electrons. The third-order valence-corrected chi connectivity index (χ3v) is 4.72. The summed E-state index contributed by atoms with van der Waals surface area (Å²) in [6, 6.07) is 15.5. The monoisotopic (exact) mass is 338 g/mol. The average molecular weight is 338 g/mol. The van der Waals surface area contributed by atoms with Crippen molar-refractivity contribution in [2.24, 2.45) is 0 Å². The van der Waals surface area contributed by atoms with E-state index in [1.807, 2.05) is 54.3 Å². The topological polar surface area (TPSA) is 41.6 Å². The molecule has 2 amide bonds. The number of carbonyl (C=O) groups excluding carboxylic acids is 1. The number of carbonyl (C=O) groups is 1. The lowest BCUT2D eigenvalue weighted by Gasteiger charge is -2.45. The molecule has 0 aliphatic carbocycles. The van der Waals surface area contributed by atoms with E-state index < -0.39 is 0 Å². The van der Waals surface area contributed by atoms with Gasteiger partial charge in [-0.1, -0.05) is 25.1 Å². The van der Waals surface area contributed by atoms with Crippen molar-refractivity contribution in [1.29, 1.82) is 0 Å². The smallest absolute Gasteiger partial charge is 0.326 e. The van der Waals surface area contributed by atoms with Crippen LogP contribution in [0.5, 0.6) is 5.75 Å². The highest BCUT2D eigenvalue weighted by Crippen LogP contribution is 2.44. The molecule has 3 rings (SSSR count). The molecular formula is C21H26N2O2. The van der Waals surface area contributed by atoms with E-state index in [9.17, 15) is 4.79 Å². The number of hydrogen-bond acceptors (Lipinski definition) is 2. The molecular weight excluding hydrogens is 312 g/mol. The lowest BCUT2D eigenvalue weighted by molar-refractivity contribution is 0.247. The van der Waals surface area contributed by atoms with Crippen LogP contribution in [0.1, 0.15) is 45.6 Å². The van der Waals surface area contributed by atoms with E-state index in [-0.39, 0.29) is 11.6 Å². The molecule has 4 nitrogen and oxygen atoms in total. The second-order valence-electron chi connectivity index (χ2n) is 7.20. The van der Waals surface area contributed by atoms with Gasteiger partial charge in [-0.2, -0.15) is 0 Å². The molecule has 1 heterocycles. The predicted octanol–water partition coefficient (Wildman–Crippen LogP) is 5.41. The van der Waals surface area contributed by atoms with E-state index in [1.165, 1.54) is 0 Å². The number of hydrogen-bond donors (Lipinski definition) is 1. The van der Waals surface area contributed by atoms with E-state index in [0.29, 0.717) is 12.5 Å². The number of anilines is 2. The number of para-hydroxylation sites is 1. The summed E-state index contributed by atoms with van der Waals surface area (Å²) in [6.45, 7) is 9.06. The Kier molecular flexibility index (Phi) is 4.71. The summed E-state index contributed by atoms with van der Waals surface area (Å²) in [4.78, 5) is 14.9. The van der Waals surface area contributed by atoms with Crippen molar-refractivity contribution in [3.63, 3.8) is 0 Å². The molecule has 25 heavy (non-hydrogen) atoms. The second-order valence-corrected chi connectivity index (χ2v) is 7.20. The van der Waals surface area contributed by atoms with Gasteiger partial charge in [-0.3, -0.25) is 4.90 Å². The van der Waals surface area contributed by atoms with Gasteiger partial charge in [0.05, 0.1) is 6.61 Å². The number of amides is 2. The average Bonchev–Trinajstić information content (AvgIpc) is 2.56. The zero-order valence-electron chi connectivity index (χ0n) is 15.4. The van der Waals surface area contributed by atoms with Crippen LogP contribution in [-0.2, 0) is 0 Å². The van der Waals surface area contributed by atoms with Gasteiger partial charge in [-0.25, -0.2) is 4.79 Å². The highest BCUT2D eigenvalue weighted by molar-refractivity contribution is 6.03. The van der Waals surface area contributed by atoms with Gasteiger partial charge in [0.2, 0.25) is 0 Å².